The average molecular weight is 711 g/mol. The van der Waals surface area contributed by atoms with Crippen LogP contribution in [-0.4, -0.2) is 43.8 Å². The number of carbonyl (C=O) groups is 2. The SMILES string of the molecule is CC[C@@H](C)NC(=O)[C@@H](Cc1ccccc1)N(Cc1ccc(Br)cc1)C(=O)CN(c1ccc(Cl)cc1C)S(=O)(=O)c1ccccc1. The van der Waals surface area contributed by atoms with Gasteiger partial charge in [-0.2, -0.15) is 0 Å². The monoisotopic (exact) mass is 709 g/mol. The highest BCUT2D eigenvalue weighted by molar-refractivity contribution is 9.10. The molecule has 7 nitrogen and oxygen atoms in total. The van der Waals surface area contributed by atoms with Gasteiger partial charge >= 0.3 is 0 Å². The number of nitrogens with one attached hydrogen (secondary N) is 1. The highest BCUT2D eigenvalue weighted by atomic mass is 79.9. The van der Waals surface area contributed by atoms with E-state index in [-0.39, 0.29) is 29.8 Å². The molecule has 4 aromatic rings. The highest BCUT2D eigenvalue weighted by Crippen LogP contribution is 2.29. The molecular weight excluding hydrogens is 674 g/mol. The molecule has 4 rings (SSSR count). The third-order valence-electron chi connectivity index (χ3n) is 7.58. The van der Waals surface area contributed by atoms with Crippen LogP contribution in [-0.2, 0) is 32.6 Å². The first-order chi connectivity index (χ1) is 21.5. The third-order valence-corrected chi connectivity index (χ3v) is 10.1. The van der Waals surface area contributed by atoms with Crippen LogP contribution in [0.4, 0.5) is 5.69 Å². The second kappa shape index (κ2) is 15.6. The molecule has 0 fully saturated rings. The standard InChI is InChI=1S/C35H37BrClN3O4S/c1-4-26(3)38-35(42)33(22-27-11-7-5-8-12-27)39(23-28-15-17-29(36)18-16-28)34(41)24-40(32-20-19-30(37)21-25(32)2)45(43,44)31-13-9-6-10-14-31/h5-21,26,33H,4,22-24H2,1-3H3,(H,38,42)/t26-,33-/m1/s1. The number of hydrogen-bond acceptors (Lipinski definition) is 4. The van der Waals surface area contributed by atoms with Gasteiger partial charge in [0.05, 0.1) is 10.6 Å². The van der Waals surface area contributed by atoms with E-state index in [9.17, 15) is 18.0 Å². The van der Waals surface area contributed by atoms with E-state index in [2.05, 4.69) is 21.2 Å². The van der Waals surface area contributed by atoms with Gasteiger partial charge in [-0.25, -0.2) is 8.42 Å². The van der Waals surface area contributed by atoms with Crippen molar-refractivity contribution in [1.29, 1.82) is 0 Å². The summed E-state index contributed by atoms with van der Waals surface area (Å²) in [6.07, 6.45) is 0.959. The Bertz CT molecular complexity index is 1700. The van der Waals surface area contributed by atoms with Gasteiger partial charge in [0.25, 0.3) is 10.0 Å². The van der Waals surface area contributed by atoms with Crippen molar-refractivity contribution >= 4 is 55.1 Å². The zero-order valence-electron chi connectivity index (χ0n) is 25.5. The maximum absolute atomic E-state index is 14.6. The first-order valence-electron chi connectivity index (χ1n) is 14.7. The average Bonchev–Trinajstić information content (AvgIpc) is 3.03. The van der Waals surface area contributed by atoms with Gasteiger partial charge in [-0.05, 0) is 79.4 Å². The Morgan fingerprint density at radius 3 is 2.11 bits per heavy atom. The van der Waals surface area contributed by atoms with E-state index < -0.39 is 28.5 Å². The lowest BCUT2D eigenvalue weighted by Gasteiger charge is -2.34. The minimum absolute atomic E-state index is 0.0435. The van der Waals surface area contributed by atoms with Crippen molar-refractivity contribution in [2.75, 3.05) is 10.8 Å². The van der Waals surface area contributed by atoms with Gasteiger partial charge in [0.1, 0.15) is 12.6 Å². The van der Waals surface area contributed by atoms with Gasteiger partial charge in [0.15, 0.2) is 0 Å². The molecule has 0 saturated heterocycles. The van der Waals surface area contributed by atoms with Gasteiger partial charge in [-0.3, -0.25) is 13.9 Å². The quantitative estimate of drug-likeness (QED) is 0.160. The van der Waals surface area contributed by atoms with Crippen LogP contribution in [0.25, 0.3) is 0 Å². The van der Waals surface area contributed by atoms with E-state index in [1.54, 1.807) is 43.3 Å². The summed E-state index contributed by atoms with van der Waals surface area (Å²) < 4.78 is 30.3. The van der Waals surface area contributed by atoms with Crippen molar-refractivity contribution < 1.29 is 18.0 Å². The number of hydrogen-bond donors (Lipinski definition) is 1. The summed E-state index contributed by atoms with van der Waals surface area (Å²) in [5, 5.41) is 3.50. The van der Waals surface area contributed by atoms with Crippen LogP contribution in [0, 0.1) is 6.92 Å². The summed E-state index contributed by atoms with van der Waals surface area (Å²) in [6.45, 7) is 5.20. The number of halogens is 2. The highest BCUT2D eigenvalue weighted by Gasteiger charge is 2.35. The maximum atomic E-state index is 14.6. The molecule has 0 bridgehead atoms. The van der Waals surface area contributed by atoms with Crippen molar-refractivity contribution in [3.05, 3.63) is 129 Å². The van der Waals surface area contributed by atoms with Crippen LogP contribution in [0.15, 0.2) is 112 Å². The second-order valence-electron chi connectivity index (χ2n) is 10.9. The summed E-state index contributed by atoms with van der Waals surface area (Å²) in [4.78, 5) is 30.0. The van der Waals surface area contributed by atoms with Gasteiger partial charge in [-0.15, -0.1) is 0 Å². The predicted octanol–water partition coefficient (Wildman–Crippen LogP) is 7.16. The van der Waals surface area contributed by atoms with Crippen molar-refractivity contribution in [3.8, 4) is 0 Å². The lowest BCUT2D eigenvalue weighted by molar-refractivity contribution is -0.140. The summed E-state index contributed by atoms with van der Waals surface area (Å²) in [5.41, 5.74) is 2.58. The Morgan fingerprint density at radius 1 is 0.889 bits per heavy atom. The van der Waals surface area contributed by atoms with Crippen molar-refractivity contribution in [2.24, 2.45) is 0 Å². The fourth-order valence-corrected chi connectivity index (χ4v) is 6.90. The molecule has 0 spiro atoms. The molecule has 2 amide bonds. The van der Waals surface area contributed by atoms with E-state index in [0.29, 0.717) is 22.7 Å². The molecule has 4 aromatic carbocycles. The van der Waals surface area contributed by atoms with Crippen LogP contribution >= 0.6 is 27.5 Å². The van der Waals surface area contributed by atoms with Gasteiger partial charge < -0.3 is 10.2 Å². The van der Waals surface area contributed by atoms with Crippen LogP contribution < -0.4 is 9.62 Å². The van der Waals surface area contributed by atoms with E-state index >= 15 is 0 Å². The summed E-state index contributed by atoms with van der Waals surface area (Å²) in [7, 11) is -4.19. The summed E-state index contributed by atoms with van der Waals surface area (Å²) >= 11 is 9.69. The number of carbonyl (C=O) groups excluding carboxylic acids is 2. The molecular formula is C35H37BrClN3O4S. The molecule has 0 aromatic heterocycles. The van der Waals surface area contributed by atoms with Gasteiger partial charge in [0.2, 0.25) is 11.8 Å². The first-order valence-corrected chi connectivity index (χ1v) is 17.3. The normalized spacial score (nSPS) is 12.6. The molecule has 0 saturated carbocycles. The third kappa shape index (κ3) is 8.96. The Balaban J connectivity index is 1.82. The smallest absolute Gasteiger partial charge is 0.264 e. The minimum atomic E-state index is -4.19. The number of amides is 2. The topological polar surface area (TPSA) is 86.8 Å². The van der Waals surface area contributed by atoms with Gasteiger partial charge in [-0.1, -0.05) is 95.1 Å². The van der Waals surface area contributed by atoms with Crippen molar-refractivity contribution in [3.63, 3.8) is 0 Å². The lowest BCUT2D eigenvalue weighted by atomic mass is 10.0. The van der Waals surface area contributed by atoms with Crippen LogP contribution in [0.2, 0.25) is 5.02 Å². The zero-order valence-corrected chi connectivity index (χ0v) is 28.6. The van der Waals surface area contributed by atoms with E-state index in [0.717, 1.165) is 19.9 Å². The minimum Gasteiger partial charge on any atom is -0.352 e. The fourth-order valence-electron chi connectivity index (χ4n) is 4.91. The molecule has 236 valence electrons. The molecule has 0 aliphatic carbocycles. The number of sulfonamides is 1. The summed E-state index contributed by atoms with van der Waals surface area (Å²) in [5.74, 6) is -0.828. The van der Waals surface area contributed by atoms with Crippen LogP contribution in [0.5, 0.6) is 0 Å². The van der Waals surface area contributed by atoms with Crippen molar-refractivity contribution in [2.45, 2.75) is 57.1 Å². The molecule has 1 N–H and O–H groups in total. The molecule has 0 aliphatic heterocycles. The Kier molecular flexibility index (Phi) is 11.8. The predicted molar refractivity (Wildman–Crippen MR) is 184 cm³/mol. The van der Waals surface area contributed by atoms with Gasteiger partial charge in [0, 0.05) is 28.5 Å². The van der Waals surface area contributed by atoms with E-state index in [1.807, 2.05) is 68.4 Å². The van der Waals surface area contributed by atoms with Crippen LogP contribution in [0.1, 0.15) is 37.0 Å². The number of nitrogens with zero attached hydrogens (tertiary/aromatic N) is 2. The van der Waals surface area contributed by atoms with Crippen LogP contribution in [0.3, 0.4) is 0 Å². The molecule has 0 unspecified atom stereocenters. The molecule has 0 radical (unpaired) electrons. The van der Waals surface area contributed by atoms with Crippen molar-refractivity contribution in [1.82, 2.24) is 10.2 Å². The molecule has 10 heteroatoms. The number of rotatable bonds is 13. The Morgan fingerprint density at radius 2 is 1.51 bits per heavy atom. The van der Waals surface area contributed by atoms with E-state index in [1.165, 1.54) is 17.0 Å². The molecule has 2 atom stereocenters. The molecule has 0 aliphatic rings. The van der Waals surface area contributed by atoms with E-state index in [4.69, 9.17) is 11.6 Å². The zero-order chi connectivity index (χ0) is 32.6. The first kappa shape index (κ1) is 34.2. The Hall–Kier alpha value is -3.66. The second-order valence-corrected chi connectivity index (χ2v) is 14.1. The largest absolute Gasteiger partial charge is 0.352 e. The lowest BCUT2D eigenvalue weighted by Crippen LogP contribution is -2.54. The number of aryl methyl sites for hydroxylation is 1. The maximum Gasteiger partial charge on any atom is 0.264 e. The number of anilines is 1. The Labute approximate surface area is 279 Å². The summed E-state index contributed by atoms with van der Waals surface area (Å²) in [6, 6.07) is 28.8. The molecule has 0 heterocycles. The fraction of sp³-hybridized carbons (Fsp3) is 0.257. The number of benzene rings is 4. The molecule has 45 heavy (non-hydrogen) atoms.